The third-order valence-electron chi connectivity index (χ3n) is 10.2. The molecule has 4 rings (SSSR count). The highest BCUT2D eigenvalue weighted by Crippen LogP contribution is 2.51. The largest absolute Gasteiger partial charge is 0.497 e. The Morgan fingerprint density at radius 3 is 1.93 bits per heavy atom. The number of nitriles is 1. The normalized spacial score (nSPS) is 18.0. The minimum atomic E-state index is -1.45. The minimum absolute atomic E-state index is 0.0774. The van der Waals surface area contributed by atoms with Crippen molar-refractivity contribution in [2.24, 2.45) is 11.8 Å². The van der Waals surface area contributed by atoms with E-state index in [0.717, 1.165) is 54.0 Å². The molecule has 1 saturated carbocycles. The Bertz CT molecular complexity index is 1520. The molecule has 3 aromatic rings. The van der Waals surface area contributed by atoms with Gasteiger partial charge in [0.15, 0.2) is 0 Å². The average molecular weight is 760 g/mol. The SMILES string of the molecule is COc1ccc(C(OC[C@@H]2C[C@@H](OP(OCCC#N)N(C(C)C)C(C)C)CC2C(=O)CCCCCN(C)C)(c2ccccc2)c2ccc(OC)cc2)cc1. The van der Waals surface area contributed by atoms with E-state index in [1.54, 1.807) is 14.2 Å². The van der Waals surface area contributed by atoms with E-state index in [1.165, 1.54) is 0 Å². The number of hydrogen-bond donors (Lipinski definition) is 0. The zero-order chi connectivity index (χ0) is 39.1. The zero-order valence-electron chi connectivity index (χ0n) is 33.7. The van der Waals surface area contributed by atoms with E-state index in [4.69, 9.17) is 23.3 Å². The molecular formula is C44H62N3O6P. The van der Waals surface area contributed by atoms with Crippen molar-refractivity contribution in [2.75, 3.05) is 48.1 Å². The zero-order valence-corrected chi connectivity index (χ0v) is 34.6. The summed E-state index contributed by atoms with van der Waals surface area (Å²) in [5, 5.41) is 9.26. The van der Waals surface area contributed by atoms with Crippen molar-refractivity contribution in [3.05, 3.63) is 95.6 Å². The van der Waals surface area contributed by atoms with Gasteiger partial charge in [-0.25, -0.2) is 4.67 Å². The molecule has 0 bridgehead atoms. The van der Waals surface area contributed by atoms with Crippen molar-refractivity contribution in [1.82, 2.24) is 9.57 Å². The summed E-state index contributed by atoms with van der Waals surface area (Å²) in [7, 11) is 6.05. The molecule has 0 heterocycles. The van der Waals surface area contributed by atoms with Gasteiger partial charge in [0.1, 0.15) is 22.9 Å². The molecule has 1 fully saturated rings. The Labute approximate surface area is 325 Å². The fourth-order valence-electron chi connectivity index (χ4n) is 7.56. The molecule has 54 heavy (non-hydrogen) atoms. The Balaban J connectivity index is 1.71. The molecule has 3 aromatic carbocycles. The molecule has 0 saturated heterocycles. The second-order valence-corrected chi connectivity index (χ2v) is 16.4. The number of carbonyl (C=O) groups excluding carboxylic acids is 1. The smallest absolute Gasteiger partial charge is 0.259 e. The standard InChI is InChI=1S/C44H62N3O6P/c1-33(2)47(34(3)4)54(52-29-15-27-45)53-41-30-35(42(31-41)43(48)18-13-10-14-28-46(5)6)32-51-44(36-16-11-9-12-17-36,37-19-23-39(49-7)24-20-37)38-21-25-40(50-8)26-22-38/h9,11-12,16-17,19-26,33-35,41-42H,10,13-15,18,28-32H2,1-8H3/t35-,41+,42?,54?/m0/s1. The summed E-state index contributed by atoms with van der Waals surface area (Å²) in [6.45, 7) is 10.2. The van der Waals surface area contributed by atoms with E-state index in [1.807, 2.05) is 42.5 Å². The lowest BCUT2D eigenvalue weighted by molar-refractivity contribution is -0.125. The van der Waals surface area contributed by atoms with Gasteiger partial charge in [0.2, 0.25) is 0 Å². The number of ether oxygens (including phenoxy) is 3. The van der Waals surface area contributed by atoms with E-state index in [0.29, 0.717) is 38.9 Å². The van der Waals surface area contributed by atoms with Gasteiger partial charge in [-0.1, -0.05) is 61.0 Å². The fraction of sp³-hybridized carbons (Fsp3) is 0.545. The molecule has 0 radical (unpaired) electrons. The summed E-state index contributed by atoms with van der Waals surface area (Å²) in [6.07, 6.45) is 4.86. The fourth-order valence-corrected chi connectivity index (χ4v) is 9.29. The van der Waals surface area contributed by atoms with Crippen LogP contribution >= 0.6 is 8.53 Å². The lowest BCUT2D eigenvalue weighted by Crippen LogP contribution is -2.36. The van der Waals surface area contributed by atoms with E-state index >= 15 is 0 Å². The van der Waals surface area contributed by atoms with E-state index in [9.17, 15) is 10.1 Å². The number of ketones is 1. The first-order valence-electron chi connectivity index (χ1n) is 19.4. The van der Waals surface area contributed by atoms with E-state index < -0.39 is 14.1 Å². The summed E-state index contributed by atoms with van der Waals surface area (Å²) in [4.78, 5) is 16.4. The lowest BCUT2D eigenvalue weighted by atomic mass is 9.79. The highest BCUT2D eigenvalue weighted by atomic mass is 31.2. The van der Waals surface area contributed by atoms with Crippen LogP contribution in [0.5, 0.6) is 11.5 Å². The van der Waals surface area contributed by atoms with Crippen molar-refractivity contribution < 1.29 is 28.1 Å². The van der Waals surface area contributed by atoms with E-state index in [2.05, 4.69) is 93.8 Å². The number of Topliss-reactive ketones (excluding diaryl/α,β-unsaturated/α-hetero) is 1. The molecule has 0 aliphatic heterocycles. The molecule has 10 heteroatoms. The van der Waals surface area contributed by atoms with Crippen molar-refractivity contribution >= 4 is 14.3 Å². The predicted molar refractivity (Wildman–Crippen MR) is 217 cm³/mol. The second kappa shape index (κ2) is 21.7. The number of benzene rings is 3. The quantitative estimate of drug-likeness (QED) is 0.0533. The number of carbonyl (C=O) groups is 1. The van der Waals surface area contributed by atoms with Gasteiger partial charge in [-0.05, 0) is 121 Å². The van der Waals surface area contributed by atoms with Crippen LogP contribution in [0.1, 0.15) is 89.3 Å². The molecule has 1 aliphatic rings. The van der Waals surface area contributed by atoms with Gasteiger partial charge in [-0.3, -0.25) is 4.79 Å². The number of rotatable bonds is 23. The van der Waals surface area contributed by atoms with Crippen LogP contribution in [0.15, 0.2) is 78.9 Å². The average Bonchev–Trinajstić information content (AvgIpc) is 3.58. The monoisotopic (exact) mass is 759 g/mol. The molecular weight excluding hydrogens is 697 g/mol. The topological polar surface area (TPSA) is 93.5 Å². The molecule has 4 atom stereocenters. The number of unbranched alkanes of at least 4 members (excludes halogenated alkanes) is 2. The maximum Gasteiger partial charge on any atom is 0.259 e. The van der Waals surface area contributed by atoms with Crippen LogP contribution in [0.2, 0.25) is 0 Å². The summed E-state index contributed by atoms with van der Waals surface area (Å²) < 4.78 is 33.9. The number of methoxy groups -OCH3 is 2. The van der Waals surface area contributed by atoms with Crippen LogP contribution in [0.25, 0.3) is 0 Å². The van der Waals surface area contributed by atoms with Crippen LogP contribution in [0, 0.1) is 23.2 Å². The summed E-state index contributed by atoms with van der Waals surface area (Å²) in [6, 6.07) is 28.9. The van der Waals surface area contributed by atoms with Crippen molar-refractivity contribution in [3.8, 4) is 17.6 Å². The van der Waals surface area contributed by atoms with Gasteiger partial charge in [0.05, 0.1) is 46.0 Å². The van der Waals surface area contributed by atoms with Gasteiger partial charge in [-0.2, -0.15) is 5.26 Å². The van der Waals surface area contributed by atoms with Gasteiger partial charge in [0, 0.05) is 24.4 Å². The molecule has 294 valence electrons. The third kappa shape index (κ3) is 11.6. The summed E-state index contributed by atoms with van der Waals surface area (Å²) in [5.41, 5.74) is 1.90. The molecule has 1 aliphatic carbocycles. The first kappa shape index (κ1) is 43.4. The third-order valence-corrected chi connectivity index (χ3v) is 12.4. The molecule has 0 N–H and O–H groups in total. The Kier molecular flexibility index (Phi) is 17.4. The Morgan fingerprint density at radius 1 is 0.833 bits per heavy atom. The first-order chi connectivity index (χ1) is 26.0. The maximum absolute atomic E-state index is 14.2. The molecule has 0 aromatic heterocycles. The van der Waals surface area contributed by atoms with Crippen LogP contribution < -0.4 is 9.47 Å². The molecule has 9 nitrogen and oxygen atoms in total. The van der Waals surface area contributed by atoms with Crippen LogP contribution in [0.4, 0.5) is 0 Å². The van der Waals surface area contributed by atoms with Crippen LogP contribution in [-0.4, -0.2) is 81.6 Å². The molecule has 0 spiro atoms. The first-order valence-corrected chi connectivity index (χ1v) is 20.6. The van der Waals surface area contributed by atoms with Gasteiger partial charge in [0.25, 0.3) is 8.53 Å². The van der Waals surface area contributed by atoms with Crippen LogP contribution in [-0.2, 0) is 24.2 Å². The van der Waals surface area contributed by atoms with Crippen molar-refractivity contribution in [2.45, 2.75) is 96.4 Å². The van der Waals surface area contributed by atoms with Gasteiger partial charge >= 0.3 is 0 Å². The Hall–Kier alpha value is -3.35. The highest BCUT2D eigenvalue weighted by molar-refractivity contribution is 7.44. The maximum atomic E-state index is 14.2. The van der Waals surface area contributed by atoms with Gasteiger partial charge < -0.3 is 28.2 Å². The summed E-state index contributed by atoms with van der Waals surface area (Å²) in [5.74, 6) is 1.50. The summed E-state index contributed by atoms with van der Waals surface area (Å²) >= 11 is 0. The number of hydrogen-bond acceptors (Lipinski definition) is 9. The highest BCUT2D eigenvalue weighted by Gasteiger charge is 2.45. The molecule has 2 unspecified atom stereocenters. The second-order valence-electron chi connectivity index (χ2n) is 15.0. The lowest BCUT2D eigenvalue weighted by Gasteiger charge is -2.37. The Morgan fingerprint density at radius 2 is 1.41 bits per heavy atom. The van der Waals surface area contributed by atoms with Crippen LogP contribution in [0.3, 0.4) is 0 Å². The molecule has 0 amide bonds. The predicted octanol–water partition coefficient (Wildman–Crippen LogP) is 9.39. The van der Waals surface area contributed by atoms with E-state index in [-0.39, 0.29) is 35.8 Å². The minimum Gasteiger partial charge on any atom is -0.497 e. The van der Waals surface area contributed by atoms with Crippen molar-refractivity contribution in [3.63, 3.8) is 0 Å². The number of nitrogens with zero attached hydrogens (tertiary/aromatic N) is 3. The van der Waals surface area contributed by atoms with Crippen molar-refractivity contribution in [1.29, 1.82) is 5.26 Å². The van der Waals surface area contributed by atoms with Gasteiger partial charge in [-0.15, -0.1) is 0 Å².